The Morgan fingerprint density at radius 3 is 1.65 bits per heavy atom. The van der Waals surface area contributed by atoms with Gasteiger partial charge in [-0.15, -0.1) is 4.89 Å². The molecule has 1 unspecified atom stereocenters. The van der Waals surface area contributed by atoms with Crippen molar-refractivity contribution < 1.29 is 44.2 Å². The van der Waals surface area contributed by atoms with E-state index in [0.717, 1.165) is 25.7 Å². The van der Waals surface area contributed by atoms with Gasteiger partial charge in [-0.2, -0.15) is 0 Å². The lowest BCUT2D eigenvalue weighted by atomic mass is 10.0. The molecule has 0 fully saturated rings. The van der Waals surface area contributed by atoms with Crippen molar-refractivity contribution in [1.82, 2.24) is 0 Å². The van der Waals surface area contributed by atoms with Crippen molar-refractivity contribution in [2.24, 2.45) is 0 Å². The third-order valence-electron chi connectivity index (χ3n) is 4.60. The maximum absolute atomic E-state index is 12.0. The number of benzene rings is 1. The normalized spacial score (nSPS) is 11.0. The summed E-state index contributed by atoms with van der Waals surface area (Å²) in [6.07, 6.45) is 7.95. The number of unbranched alkanes of at least 4 members (excludes halogenated alkanes) is 6. The fourth-order valence-corrected chi connectivity index (χ4v) is 2.77. The van der Waals surface area contributed by atoms with Gasteiger partial charge in [0.2, 0.25) is 0 Å². The highest BCUT2D eigenvalue weighted by atomic mass is 17.2. The summed E-state index contributed by atoms with van der Waals surface area (Å²) >= 11 is 0. The van der Waals surface area contributed by atoms with Gasteiger partial charge in [-0.05, 0) is 53.2 Å². The number of hydrogen-bond donors (Lipinski definition) is 3. The van der Waals surface area contributed by atoms with Crippen LogP contribution in [0.25, 0.3) is 0 Å². The first-order valence-electron chi connectivity index (χ1n) is 14.0. The molecule has 0 spiro atoms. The highest BCUT2D eigenvalue weighted by Gasteiger charge is 2.38. The summed E-state index contributed by atoms with van der Waals surface area (Å²) in [6.45, 7) is 17.9. The lowest BCUT2D eigenvalue weighted by Gasteiger charge is -2.31. The number of carbonyl (C=O) groups is 2. The molecule has 1 atom stereocenters. The Kier molecular flexibility index (Phi) is 30.6. The summed E-state index contributed by atoms with van der Waals surface area (Å²) in [5.41, 5.74) is 0.437. The third kappa shape index (κ3) is 25.6. The predicted octanol–water partition coefficient (Wildman–Crippen LogP) is 6.07. The van der Waals surface area contributed by atoms with Gasteiger partial charge in [0.25, 0.3) is 5.79 Å². The van der Waals surface area contributed by atoms with Gasteiger partial charge in [-0.25, -0.2) is 9.59 Å². The van der Waals surface area contributed by atoms with Crippen LogP contribution in [0, 0.1) is 0 Å². The minimum absolute atomic E-state index is 0.184. The van der Waals surface area contributed by atoms with Gasteiger partial charge in [0, 0.05) is 37.4 Å². The van der Waals surface area contributed by atoms with Crippen molar-refractivity contribution >= 4 is 11.9 Å². The SMILES string of the molecule is C=C(C)C(=O)OCC(CCCCCCCCC)(OOC(=O)C(=C)C)Oc1ccccc1.CCO.CCO.CCO. The van der Waals surface area contributed by atoms with Crippen LogP contribution in [0.2, 0.25) is 0 Å². The molecular weight excluding hydrogens is 516 g/mol. The van der Waals surface area contributed by atoms with E-state index in [4.69, 9.17) is 34.6 Å². The number of ether oxygens (including phenoxy) is 2. The van der Waals surface area contributed by atoms with Crippen molar-refractivity contribution in [3.8, 4) is 5.75 Å². The number of hydrogen-bond acceptors (Lipinski definition) is 9. The smallest absolute Gasteiger partial charge is 0.368 e. The summed E-state index contributed by atoms with van der Waals surface area (Å²) in [5, 5.41) is 22.7. The number of aliphatic hydroxyl groups is 3. The molecule has 0 bridgehead atoms. The molecule has 0 saturated heterocycles. The van der Waals surface area contributed by atoms with Gasteiger partial charge < -0.3 is 24.8 Å². The van der Waals surface area contributed by atoms with E-state index in [0.29, 0.717) is 12.2 Å². The zero-order valence-corrected chi connectivity index (χ0v) is 25.6. The Labute approximate surface area is 241 Å². The molecule has 0 amide bonds. The van der Waals surface area contributed by atoms with Crippen LogP contribution in [0.4, 0.5) is 0 Å². The van der Waals surface area contributed by atoms with Crippen molar-refractivity contribution in [2.75, 3.05) is 26.4 Å². The van der Waals surface area contributed by atoms with Gasteiger partial charge in [-0.3, -0.25) is 4.89 Å². The van der Waals surface area contributed by atoms with Gasteiger partial charge in [-0.1, -0.05) is 76.8 Å². The molecule has 1 aromatic rings. The molecule has 0 aromatic heterocycles. The first kappa shape index (κ1) is 41.8. The molecule has 0 radical (unpaired) electrons. The van der Waals surface area contributed by atoms with E-state index in [9.17, 15) is 9.59 Å². The molecule has 0 aliphatic heterocycles. The molecule has 1 rings (SSSR count). The topological polar surface area (TPSA) is 132 Å². The Morgan fingerprint density at radius 1 is 0.750 bits per heavy atom. The van der Waals surface area contributed by atoms with Crippen LogP contribution < -0.4 is 4.74 Å². The summed E-state index contributed by atoms with van der Waals surface area (Å²) in [7, 11) is 0. The molecular formula is C31H54O9. The van der Waals surface area contributed by atoms with Crippen molar-refractivity contribution in [3.63, 3.8) is 0 Å². The van der Waals surface area contributed by atoms with E-state index < -0.39 is 17.7 Å². The highest BCUT2D eigenvalue weighted by Crippen LogP contribution is 2.27. The van der Waals surface area contributed by atoms with E-state index >= 15 is 0 Å². The van der Waals surface area contributed by atoms with Gasteiger partial charge in [0.1, 0.15) is 5.75 Å². The van der Waals surface area contributed by atoms with E-state index in [2.05, 4.69) is 20.1 Å². The van der Waals surface area contributed by atoms with Crippen LogP contribution in [0.5, 0.6) is 5.75 Å². The number of carbonyl (C=O) groups excluding carboxylic acids is 2. The van der Waals surface area contributed by atoms with Crippen molar-refractivity contribution in [2.45, 2.75) is 98.7 Å². The van der Waals surface area contributed by atoms with E-state index in [-0.39, 0.29) is 37.6 Å². The average molecular weight is 571 g/mol. The monoisotopic (exact) mass is 570 g/mol. The van der Waals surface area contributed by atoms with E-state index in [1.54, 1.807) is 39.8 Å². The lowest BCUT2D eigenvalue weighted by Crippen LogP contribution is -2.45. The zero-order valence-electron chi connectivity index (χ0n) is 25.6. The summed E-state index contributed by atoms with van der Waals surface area (Å²) in [4.78, 5) is 34.4. The predicted molar refractivity (Wildman–Crippen MR) is 158 cm³/mol. The largest absolute Gasteiger partial charge is 0.455 e. The average Bonchev–Trinajstić information content (AvgIpc) is 2.91. The quantitative estimate of drug-likeness (QED) is 0.0541. The number of rotatable bonds is 16. The van der Waals surface area contributed by atoms with Gasteiger partial charge in [0.05, 0.1) is 0 Å². The molecule has 3 N–H and O–H groups in total. The number of para-hydroxylation sites is 1. The Morgan fingerprint density at radius 2 is 1.20 bits per heavy atom. The number of aliphatic hydroxyl groups excluding tert-OH is 3. The standard InChI is InChI=1S/C25H36O6.3C2H6O/c1-6-7-8-9-10-11-15-18-25(19-28-23(26)20(2)3,31-30-24(27)21(4)5)29-22-16-13-12-14-17-22;3*1-2-3/h12-14,16-17H,2,4,6-11,15,18-19H2,1,3,5H3;3*3H,2H2,1H3. The van der Waals surface area contributed by atoms with Crippen LogP contribution in [0.3, 0.4) is 0 Å². The molecule has 0 saturated carbocycles. The second-order valence-electron chi connectivity index (χ2n) is 8.74. The highest BCUT2D eigenvalue weighted by molar-refractivity contribution is 5.87. The number of esters is 1. The maximum atomic E-state index is 12.0. The molecule has 40 heavy (non-hydrogen) atoms. The molecule has 0 heterocycles. The van der Waals surface area contributed by atoms with Gasteiger partial charge >= 0.3 is 11.9 Å². The van der Waals surface area contributed by atoms with Crippen LogP contribution in [0.1, 0.15) is 92.9 Å². The Balaban J connectivity index is -0.00000133. The first-order valence-corrected chi connectivity index (χ1v) is 14.0. The van der Waals surface area contributed by atoms with Crippen LogP contribution >= 0.6 is 0 Å². The van der Waals surface area contributed by atoms with E-state index in [1.807, 2.05) is 18.2 Å². The molecule has 9 heteroatoms. The van der Waals surface area contributed by atoms with E-state index in [1.165, 1.54) is 26.2 Å². The van der Waals surface area contributed by atoms with Crippen molar-refractivity contribution in [1.29, 1.82) is 0 Å². The maximum Gasteiger partial charge on any atom is 0.368 e. The lowest BCUT2D eigenvalue weighted by molar-refractivity contribution is -0.391. The summed E-state index contributed by atoms with van der Waals surface area (Å²) in [6, 6.07) is 8.99. The second-order valence-corrected chi connectivity index (χ2v) is 8.74. The minimum atomic E-state index is -1.49. The molecule has 1 aromatic carbocycles. The zero-order chi connectivity index (χ0) is 31.2. The second kappa shape index (κ2) is 29.3. The summed E-state index contributed by atoms with van der Waals surface area (Å²) in [5.74, 6) is -2.27. The van der Waals surface area contributed by atoms with Crippen LogP contribution in [-0.2, 0) is 24.1 Å². The van der Waals surface area contributed by atoms with Crippen LogP contribution in [-0.4, -0.2) is 59.5 Å². The molecule has 0 aliphatic carbocycles. The van der Waals surface area contributed by atoms with Crippen LogP contribution in [0.15, 0.2) is 54.6 Å². The minimum Gasteiger partial charge on any atom is -0.455 e. The fraction of sp³-hybridized carbons (Fsp3) is 0.613. The van der Waals surface area contributed by atoms with Gasteiger partial charge in [0.15, 0.2) is 6.61 Å². The molecule has 232 valence electrons. The Bertz CT molecular complexity index is 729. The Hall–Kier alpha value is -2.72. The fourth-order valence-electron chi connectivity index (χ4n) is 2.77. The first-order chi connectivity index (χ1) is 19.0. The third-order valence-corrected chi connectivity index (χ3v) is 4.60. The summed E-state index contributed by atoms with van der Waals surface area (Å²) < 4.78 is 11.4. The van der Waals surface area contributed by atoms with Crippen molar-refractivity contribution in [3.05, 3.63) is 54.6 Å². The molecule has 0 aliphatic rings. The molecule has 9 nitrogen and oxygen atoms in total.